The van der Waals surface area contributed by atoms with Crippen molar-refractivity contribution in [2.75, 3.05) is 7.11 Å². The lowest BCUT2D eigenvalue weighted by molar-refractivity contribution is -0.145. The van der Waals surface area contributed by atoms with E-state index in [-0.39, 0.29) is 18.4 Å². The summed E-state index contributed by atoms with van der Waals surface area (Å²) >= 11 is 0. The number of esters is 1. The van der Waals surface area contributed by atoms with Crippen LogP contribution in [0.15, 0.2) is 36.4 Å². The Morgan fingerprint density at radius 1 is 1.00 bits per heavy atom. The molecule has 2 aromatic carbocycles. The minimum absolute atomic E-state index is 0.190. The van der Waals surface area contributed by atoms with Crippen molar-refractivity contribution in [2.45, 2.75) is 32.7 Å². The van der Waals surface area contributed by atoms with E-state index < -0.39 is 29.6 Å². The zero-order valence-corrected chi connectivity index (χ0v) is 14.9. The van der Waals surface area contributed by atoms with Crippen molar-refractivity contribution in [3.63, 3.8) is 0 Å². The predicted molar refractivity (Wildman–Crippen MR) is 93.6 cm³/mol. The van der Waals surface area contributed by atoms with Crippen molar-refractivity contribution in [2.24, 2.45) is 0 Å². The maximum absolute atomic E-state index is 13.2. The normalized spacial score (nSPS) is 11.7. The summed E-state index contributed by atoms with van der Waals surface area (Å²) in [5, 5.41) is 2.58. The summed E-state index contributed by atoms with van der Waals surface area (Å²) in [6.45, 7) is 3.94. The van der Waals surface area contributed by atoms with Gasteiger partial charge in [0.15, 0.2) is 0 Å². The first-order valence-electron chi connectivity index (χ1n) is 8.16. The van der Waals surface area contributed by atoms with E-state index in [4.69, 9.17) is 4.74 Å². The highest BCUT2D eigenvalue weighted by atomic mass is 19.1. The van der Waals surface area contributed by atoms with Crippen LogP contribution in [-0.2, 0) is 27.2 Å². The van der Waals surface area contributed by atoms with Crippen LogP contribution in [0.1, 0.15) is 22.3 Å². The quantitative estimate of drug-likeness (QED) is 0.805. The van der Waals surface area contributed by atoms with Gasteiger partial charge in [0.2, 0.25) is 5.91 Å². The summed E-state index contributed by atoms with van der Waals surface area (Å²) < 4.78 is 31.2. The second kappa shape index (κ2) is 8.56. The zero-order chi connectivity index (χ0) is 19.3. The largest absolute Gasteiger partial charge is 0.467 e. The van der Waals surface area contributed by atoms with E-state index >= 15 is 0 Å². The molecular weight excluding hydrogens is 340 g/mol. The Labute approximate surface area is 151 Å². The van der Waals surface area contributed by atoms with Crippen LogP contribution in [-0.4, -0.2) is 25.0 Å². The Morgan fingerprint density at radius 2 is 1.65 bits per heavy atom. The molecular formula is C20H21F2NO3. The lowest BCUT2D eigenvalue weighted by atomic mass is 10.0. The number of benzene rings is 2. The van der Waals surface area contributed by atoms with Crippen LogP contribution < -0.4 is 5.32 Å². The summed E-state index contributed by atoms with van der Waals surface area (Å²) in [7, 11) is 1.24. The third-order valence-corrected chi connectivity index (χ3v) is 4.12. The van der Waals surface area contributed by atoms with Gasteiger partial charge in [-0.25, -0.2) is 13.6 Å². The van der Waals surface area contributed by atoms with Crippen LogP contribution >= 0.6 is 0 Å². The molecule has 1 N–H and O–H groups in total. The third-order valence-electron chi connectivity index (χ3n) is 4.12. The molecule has 6 heteroatoms. The van der Waals surface area contributed by atoms with Gasteiger partial charge in [-0.1, -0.05) is 18.2 Å². The molecule has 0 fully saturated rings. The minimum Gasteiger partial charge on any atom is -0.467 e. The number of aryl methyl sites for hydroxylation is 2. The van der Waals surface area contributed by atoms with E-state index in [0.717, 1.165) is 34.9 Å². The summed E-state index contributed by atoms with van der Waals surface area (Å²) in [6, 6.07) is 7.78. The fourth-order valence-corrected chi connectivity index (χ4v) is 2.65. The number of ether oxygens (including phenoxy) is 1. The van der Waals surface area contributed by atoms with Gasteiger partial charge in [0.05, 0.1) is 13.5 Å². The van der Waals surface area contributed by atoms with Crippen molar-refractivity contribution in [1.29, 1.82) is 0 Å². The molecule has 138 valence electrons. The van der Waals surface area contributed by atoms with E-state index in [1.54, 1.807) is 0 Å². The van der Waals surface area contributed by atoms with Crippen LogP contribution in [0.3, 0.4) is 0 Å². The number of methoxy groups -OCH3 is 1. The monoisotopic (exact) mass is 361 g/mol. The number of halogens is 2. The summed E-state index contributed by atoms with van der Waals surface area (Å²) in [4.78, 5) is 24.2. The van der Waals surface area contributed by atoms with Gasteiger partial charge >= 0.3 is 5.97 Å². The van der Waals surface area contributed by atoms with Gasteiger partial charge in [0.1, 0.15) is 17.7 Å². The molecule has 1 amide bonds. The molecule has 0 aliphatic rings. The SMILES string of the molecule is COC(=O)[C@H](Cc1ccc(C)c(C)c1)NC(=O)Cc1cc(F)cc(F)c1. The van der Waals surface area contributed by atoms with Gasteiger partial charge in [0, 0.05) is 12.5 Å². The van der Waals surface area contributed by atoms with E-state index in [9.17, 15) is 18.4 Å². The molecule has 0 unspecified atom stereocenters. The molecule has 0 radical (unpaired) electrons. The highest BCUT2D eigenvalue weighted by Gasteiger charge is 2.22. The molecule has 1 atom stereocenters. The molecule has 4 nitrogen and oxygen atoms in total. The number of hydrogen-bond acceptors (Lipinski definition) is 3. The van der Waals surface area contributed by atoms with Gasteiger partial charge in [-0.3, -0.25) is 4.79 Å². The zero-order valence-electron chi connectivity index (χ0n) is 14.9. The van der Waals surface area contributed by atoms with Crippen molar-refractivity contribution in [1.82, 2.24) is 5.32 Å². The number of hydrogen-bond donors (Lipinski definition) is 1. The number of carbonyl (C=O) groups is 2. The molecule has 0 spiro atoms. The van der Waals surface area contributed by atoms with Gasteiger partial charge in [-0.15, -0.1) is 0 Å². The lowest BCUT2D eigenvalue weighted by Crippen LogP contribution is -2.43. The first-order chi connectivity index (χ1) is 12.3. The van der Waals surface area contributed by atoms with Crippen LogP contribution in [0.4, 0.5) is 8.78 Å². The van der Waals surface area contributed by atoms with Crippen LogP contribution in [0.2, 0.25) is 0 Å². The van der Waals surface area contributed by atoms with E-state index in [2.05, 4.69) is 5.32 Å². The smallest absolute Gasteiger partial charge is 0.328 e. The topological polar surface area (TPSA) is 55.4 Å². The van der Waals surface area contributed by atoms with Crippen molar-refractivity contribution >= 4 is 11.9 Å². The Kier molecular flexibility index (Phi) is 6.44. The first-order valence-corrected chi connectivity index (χ1v) is 8.16. The van der Waals surface area contributed by atoms with Crippen LogP contribution in [0, 0.1) is 25.5 Å². The molecule has 0 bridgehead atoms. The third kappa shape index (κ3) is 5.37. The van der Waals surface area contributed by atoms with Crippen molar-refractivity contribution in [3.8, 4) is 0 Å². The molecule has 0 aromatic heterocycles. The molecule has 0 saturated carbocycles. The fraction of sp³-hybridized carbons (Fsp3) is 0.300. The minimum atomic E-state index is -0.881. The highest BCUT2D eigenvalue weighted by Crippen LogP contribution is 2.13. The van der Waals surface area contributed by atoms with Crippen molar-refractivity contribution in [3.05, 3.63) is 70.3 Å². The van der Waals surface area contributed by atoms with Gasteiger partial charge in [-0.2, -0.15) is 0 Å². The van der Waals surface area contributed by atoms with Crippen LogP contribution in [0.25, 0.3) is 0 Å². The Bertz CT molecular complexity index is 800. The molecule has 0 heterocycles. The highest BCUT2D eigenvalue weighted by molar-refractivity contribution is 5.85. The Balaban J connectivity index is 2.10. The van der Waals surface area contributed by atoms with Crippen molar-refractivity contribution < 1.29 is 23.1 Å². The first kappa shape index (κ1) is 19.6. The second-order valence-corrected chi connectivity index (χ2v) is 6.22. The summed E-state index contributed by atoms with van der Waals surface area (Å²) in [6.07, 6.45) is 0.0200. The summed E-state index contributed by atoms with van der Waals surface area (Å²) in [5.41, 5.74) is 3.27. The molecule has 26 heavy (non-hydrogen) atoms. The van der Waals surface area contributed by atoms with Gasteiger partial charge < -0.3 is 10.1 Å². The molecule has 0 saturated heterocycles. The number of carbonyl (C=O) groups excluding carboxylic acids is 2. The molecule has 2 aromatic rings. The molecule has 0 aliphatic carbocycles. The van der Waals surface area contributed by atoms with Gasteiger partial charge in [-0.05, 0) is 48.2 Å². The maximum Gasteiger partial charge on any atom is 0.328 e. The molecule has 2 rings (SSSR count). The standard InChI is InChI=1S/C20H21F2NO3/c1-12-4-5-14(6-13(12)2)9-18(20(25)26-3)23-19(24)10-15-7-16(21)11-17(22)8-15/h4-8,11,18H,9-10H2,1-3H3,(H,23,24)/t18-/m0/s1. The maximum atomic E-state index is 13.2. The van der Waals surface area contributed by atoms with Gasteiger partial charge in [0.25, 0.3) is 0 Å². The van der Waals surface area contributed by atoms with E-state index in [0.29, 0.717) is 0 Å². The fourth-order valence-electron chi connectivity index (χ4n) is 2.65. The van der Waals surface area contributed by atoms with E-state index in [1.807, 2.05) is 32.0 Å². The average molecular weight is 361 g/mol. The second-order valence-electron chi connectivity index (χ2n) is 6.22. The predicted octanol–water partition coefficient (Wildman–Crippen LogP) is 3.02. The Hall–Kier alpha value is -2.76. The number of nitrogens with one attached hydrogen (secondary N) is 1. The number of rotatable bonds is 6. The van der Waals surface area contributed by atoms with Crippen LogP contribution in [0.5, 0.6) is 0 Å². The number of amides is 1. The molecule has 0 aliphatic heterocycles. The lowest BCUT2D eigenvalue weighted by Gasteiger charge is -2.17. The Morgan fingerprint density at radius 3 is 2.23 bits per heavy atom. The average Bonchev–Trinajstić information content (AvgIpc) is 2.55. The summed E-state index contributed by atoms with van der Waals surface area (Å²) in [5.74, 6) is -2.61. The van der Waals surface area contributed by atoms with E-state index in [1.165, 1.54) is 7.11 Å².